The molecule has 0 aliphatic rings. The zero-order valence-electron chi connectivity index (χ0n) is 7.20. The molecule has 0 saturated carbocycles. The van der Waals surface area contributed by atoms with Crippen LogP contribution in [0.1, 0.15) is 22.5 Å². The van der Waals surface area contributed by atoms with Gasteiger partial charge in [0.05, 0.1) is 12.7 Å². The highest BCUT2D eigenvalue weighted by molar-refractivity contribution is 5.76. The molecule has 1 N–H and O–H groups in total. The Morgan fingerprint density at radius 2 is 2.29 bits per heavy atom. The molecule has 0 bridgehead atoms. The van der Waals surface area contributed by atoms with Crippen molar-refractivity contribution < 1.29 is 23.4 Å². The van der Waals surface area contributed by atoms with Crippen LogP contribution in [0.2, 0.25) is 0 Å². The van der Waals surface area contributed by atoms with Gasteiger partial charge in [-0.25, -0.2) is 13.8 Å². The highest BCUT2D eigenvalue weighted by Gasteiger charge is 2.18. The smallest absolute Gasteiger partial charge is 0.269 e. The molecule has 76 valence electrons. The number of methoxy groups -OCH3 is 1. The minimum Gasteiger partial charge on any atom is -0.506 e. The topological polar surface area (TPSA) is 59.4 Å². The summed E-state index contributed by atoms with van der Waals surface area (Å²) in [4.78, 5) is 13.7. The summed E-state index contributed by atoms with van der Waals surface area (Å²) in [5, 5.41) is 9.08. The van der Waals surface area contributed by atoms with Crippen molar-refractivity contribution in [1.82, 2.24) is 4.98 Å². The number of hydrogen-bond donors (Lipinski definition) is 1. The number of alkyl halides is 2. The zero-order valence-corrected chi connectivity index (χ0v) is 7.20. The van der Waals surface area contributed by atoms with Crippen molar-refractivity contribution in [3.05, 3.63) is 17.3 Å². The molecule has 0 spiro atoms. The van der Waals surface area contributed by atoms with Crippen LogP contribution in [-0.4, -0.2) is 23.5 Å². The van der Waals surface area contributed by atoms with Crippen molar-refractivity contribution in [2.45, 2.75) is 6.43 Å². The summed E-state index contributed by atoms with van der Waals surface area (Å²) in [5.41, 5.74) is -0.873. The van der Waals surface area contributed by atoms with E-state index in [1.165, 1.54) is 0 Å². The molecule has 0 radical (unpaired) electrons. The van der Waals surface area contributed by atoms with Gasteiger partial charge in [0, 0.05) is 0 Å². The number of halogens is 2. The minimum atomic E-state index is -2.82. The molecular weight excluding hydrogens is 196 g/mol. The summed E-state index contributed by atoms with van der Waals surface area (Å²) in [6.07, 6.45) is -2.56. The van der Waals surface area contributed by atoms with Crippen LogP contribution in [-0.2, 0) is 0 Å². The number of aromatic nitrogens is 1. The second kappa shape index (κ2) is 3.99. The lowest BCUT2D eigenvalue weighted by Crippen LogP contribution is -1.99. The molecule has 0 saturated heterocycles. The lowest BCUT2D eigenvalue weighted by atomic mass is 10.2. The maximum atomic E-state index is 12.3. The van der Waals surface area contributed by atoms with Gasteiger partial charge in [-0.15, -0.1) is 0 Å². The van der Waals surface area contributed by atoms with Crippen LogP contribution in [0, 0.1) is 0 Å². The van der Waals surface area contributed by atoms with E-state index in [1.807, 2.05) is 0 Å². The lowest BCUT2D eigenvalue weighted by Gasteiger charge is -2.07. The van der Waals surface area contributed by atoms with Crippen LogP contribution in [0.3, 0.4) is 0 Å². The van der Waals surface area contributed by atoms with Crippen LogP contribution >= 0.6 is 0 Å². The van der Waals surface area contributed by atoms with Crippen molar-refractivity contribution in [3.63, 3.8) is 0 Å². The quantitative estimate of drug-likeness (QED) is 0.757. The Balaban J connectivity index is 3.31. The van der Waals surface area contributed by atoms with Gasteiger partial charge in [0.15, 0.2) is 6.29 Å². The average Bonchev–Trinajstić information content (AvgIpc) is 2.17. The molecule has 1 aromatic heterocycles. The van der Waals surface area contributed by atoms with Gasteiger partial charge in [-0.3, -0.25) is 4.79 Å². The van der Waals surface area contributed by atoms with E-state index in [1.54, 1.807) is 0 Å². The molecule has 0 fully saturated rings. The molecule has 0 atom stereocenters. The number of carbonyl (C=O) groups is 1. The monoisotopic (exact) mass is 203 g/mol. The predicted octanol–water partition coefficient (Wildman–Crippen LogP) is 1.55. The van der Waals surface area contributed by atoms with Gasteiger partial charge in [-0.1, -0.05) is 0 Å². The number of pyridine rings is 1. The third kappa shape index (κ3) is 1.78. The number of aldehydes is 1. The van der Waals surface area contributed by atoms with Gasteiger partial charge in [-0.05, 0) is 6.07 Å². The van der Waals surface area contributed by atoms with Crippen molar-refractivity contribution in [3.8, 4) is 11.6 Å². The summed E-state index contributed by atoms with van der Waals surface area (Å²) >= 11 is 0. The Labute approximate surface area is 78.1 Å². The third-order valence-corrected chi connectivity index (χ3v) is 1.56. The van der Waals surface area contributed by atoms with Crippen LogP contribution in [0.5, 0.6) is 11.6 Å². The second-order valence-electron chi connectivity index (χ2n) is 2.41. The van der Waals surface area contributed by atoms with Crippen LogP contribution in [0.15, 0.2) is 6.07 Å². The molecule has 0 aliphatic heterocycles. The fourth-order valence-corrected chi connectivity index (χ4v) is 0.921. The van der Waals surface area contributed by atoms with Crippen molar-refractivity contribution in [1.29, 1.82) is 0 Å². The highest BCUT2D eigenvalue weighted by atomic mass is 19.3. The number of ether oxygens (including phenoxy) is 1. The van der Waals surface area contributed by atoms with Crippen LogP contribution < -0.4 is 4.74 Å². The van der Waals surface area contributed by atoms with E-state index in [2.05, 4.69) is 9.72 Å². The summed E-state index contributed by atoms with van der Waals surface area (Å²) in [6.45, 7) is 0. The first-order valence-corrected chi connectivity index (χ1v) is 3.61. The molecule has 14 heavy (non-hydrogen) atoms. The van der Waals surface area contributed by atoms with E-state index >= 15 is 0 Å². The number of nitrogens with zero attached hydrogens (tertiary/aromatic N) is 1. The van der Waals surface area contributed by atoms with Gasteiger partial charge in [-0.2, -0.15) is 0 Å². The average molecular weight is 203 g/mol. The van der Waals surface area contributed by atoms with Crippen LogP contribution in [0.25, 0.3) is 0 Å². The van der Waals surface area contributed by atoms with Gasteiger partial charge in [0.2, 0.25) is 5.88 Å². The standard InChI is InChI=1S/C8H7F2NO3/c1-14-8-4(7(9)10)2-6(13)5(3-12)11-8/h2-3,7,13H,1H3. The highest BCUT2D eigenvalue weighted by Crippen LogP contribution is 2.31. The Hall–Kier alpha value is -1.72. The van der Waals surface area contributed by atoms with Gasteiger partial charge in [0.1, 0.15) is 11.4 Å². The molecular formula is C8H7F2NO3. The Morgan fingerprint density at radius 3 is 2.71 bits per heavy atom. The maximum absolute atomic E-state index is 12.3. The molecule has 0 aromatic carbocycles. The summed E-state index contributed by atoms with van der Waals surface area (Å²) in [5.74, 6) is -0.948. The first-order chi connectivity index (χ1) is 6.60. The first kappa shape index (κ1) is 10.4. The molecule has 0 aliphatic carbocycles. The number of aromatic hydroxyl groups is 1. The first-order valence-electron chi connectivity index (χ1n) is 3.61. The van der Waals surface area contributed by atoms with Gasteiger partial charge < -0.3 is 9.84 Å². The lowest BCUT2D eigenvalue weighted by molar-refractivity contribution is 0.111. The van der Waals surface area contributed by atoms with E-state index in [0.29, 0.717) is 0 Å². The number of hydrogen-bond acceptors (Lipinski definition) is 4. The molecule has 6 heteroatoms. The second-order valence-corrected chi connectivity index (χ2v) is 2.41. The number of rotatable bonds is 3. The predicted molar refractivity (Wildman–Crippen MR) is 42.8 cm³/mol. The fraction of sp³-hybridized carbons (Fsp3) is 0.250. The van der Waals surface area contributed by atoms with Crippen molar-refractivity contribution in [2.24, 2.45) is 0 Å². The largest absolute Gasteiger partial charge is 0.506 e. The van der Waals surface area contributed by atoms with E-state index < -0.39 is 17.7 Å². The molecule has 1 rings (SSSR count). The van der Waals surface area contributed by atoms with E-state index in [9.17, 15) is 13.6 Å². The molecule has 1 heterocycles. The van der Waals surface area contributed by atoms with Crippen LogP contribution in [0.4, 0.5) is 8.78 Å². The molecule has 0 unspecified atom stereocenters. The number of carbonyl (C=O) groups excluding carboxylic acids is 1. The molecule has 0 amide bonds. The third-order valence-electron chi connectivity index (χ3n) is 1.56. The zero-order chi connectivity index (χ0) is 10.7. The van der Waals surface area contributed by atoms with E-state index in [0.717, 1.165) is 13.2 Å². The Bertz CT molecular complexity index is 355. The Morgan fingerprint density at radius 1 is 1.64 bits per heavy atom. The maximum Gasteiger partial charge on any atom is 0.269 e. The minimum absolute atomic E-state index is 0.257. The SMILES string of the molecule is COc1nc(C=O)c(O)cc1C(F)F. The fourth-order valence-electron chi connectivity index (χ4n) is 0.921. The van der Waals surface area contributed by atoms with Crippen molar-refractivity contribution in [2.75, 3.05) is 7.11 Å². The molecule has 4 nitrogen and oxygen atoms in total. The van der Waals surface area contributed by atoms with E-state index in [-0.39, 0.29) is 17.9 Å². The Kier molecular flexibility index (Phi) is 2.95. The normalized spacial score (nSPS) is 10.3. The summed E-state index contributed by atoms with van der Waals surface area (Å²) in [7, 11) is 1.15. The van der Waals surface area contributed by atoms with Gasteiger partial charge >= 0.3 is 0 Å². The summed E-state index contributed by atoms with van der Waals surface area (Å²) < 4.78 is 29.2. The van der Waals surface area contributed by atoms with Gasteiger partial charge in [0.25, 0.3) is 6.43 Å². The molecule has 1 aromatic rings. The summed E-state index contributed by atoms with van der Waals surface area (Å²) in [6, 6.07) is 0.764. The van der Waals surface area contributed by atoms with Crippen molar-refractivity contribution >= 4 is 6.29 Å². The van der Waals surface area contributed by atoms with E-state index in [4.69, 9.17) is 5.11 Å².